The maximum absolute atomic E-state index is 12.2. The van der Waals surface area contributed by atoms with Crippen molar-refractivity contribution in [1.82, 2.24) is 15.6 Å². The van der Waals surface area contributed by atoms with Crippen molar-refractivity contribution >= 4 is 17.2 Å². The molecule has 1 aromatic heterocycles. The molecule has 2 heterocycles. The maximum atomic E-state index is 12.2. The fourth-order valence-corrected chi connectivity index (χ4v) is 3.99. The van der Waals surface area contributed by atoms with Crippen LogP contribution in [-0.4, -0.2) is 23.0 Å². The van der Waals surface area contributed by atoms with Gasteiger partial charge in [-0.25, -0.2) is 0 Å². The molecule has 3 atom stereocenters. The lowest BCUT2D eigenvalue weighted by atomic mass is 9.77. The van der Waals surface area contributed by atoms with Gasteiger partial charge in [-0.15, -0.1) is 0 Å². The Bertz CT molecular complexity index is 524. The van der Waals surface area contributed by atoms with Gasteiger partial charge in [0.05, 0.1) is 12.6 Å². The van der Waals surface area contributed by atoms with Gasteiger partial charge in [0, 0.05) is 17.1 Å². The minimum Gasteiger partial charge on any atom is -0.349 e. The topological polar surface area (TPSA) is 74.0 Å². The van der Waals surface area contributed by atoms with Gasteiger partial charge in [-0.2, -0.15) is 0 Å². The molecule has 0 aromatic carbocycles. The molecule has 1 saturated heterocycles. The largest absolute Gasteiger partial charge is 0.349 e. The van der Waals surface area contributed by atoms with Gasteiger partial charge in [-0.05, 0) is 31.6 Å². The minimum atomic E-state index is -0.0740. The number of hydrogen-bond donors (Lipinski definition) is 3. The van der Waals surface area contributed by atoms with E-state index in [0.717, 1.165) is 35.8 Å². The van der Waals surface area contributed by atoms with Crippen LogP contribution in [0, 0.1) is 5.92 Å². The molecule has 3 unspecified atom stereocenters. The van der Waals surface area contributed by atoms with Crippen LogP contribution < -0.4 is 15.5 Å². The second kappa shape index (κ2) is 6.10. The van der Waals surface area contributed by atoms with Crippen LogP contribution in [-0.2, 0) is 11.3 Å². The van der Waals surface area contributed by atoms with Gasteiger partial charge in [-0.1, -0.05) is 24.2 Å². The molecular formula is C14H21N3O2S. The first-order valence-electron chi connectivity index (χ1n) is 7.43. The van der Waals surface area contributed by atoms with Crippen molar-refractivity contribution < 1.29 is 4.79 Å². The van der Waals surface area contributed by atoms with E-state index in [1.54, 1.807) is 5.38 Å². The molecule has 1 aliphatic carbocycles. The third kappa shape index (κ3) is 3.12. The number of rotatable bonds is 3. The average molecular weight is 295 g/mol. The highest BCUT2D eigenvalue weighted by atomic mass is 32.1. The fourth-order valence-electron chi connectivity index (χ4n) is 3.41. The molecule has 1 aliphatic heterocycles. The first-order valence-corrected chi connectivity index (χ1v) is 8.31. The summed E-state index contributed by atoms with van der Waals surface area (Å²) < 4.78 is 0. The summed E-state index contributed by atoms with van der Waals surface area (Å²) in [5.74, 6) is 0.821. The zero-order valence-electron chi connectivity index (χ0n) is 11.5. The Morgan fingerprint density at radius 2 is 2.15 bits per heavy atom. The highest BCUT2D eigenvalue weighted by Gasteiger charge is 2.34. The van der Waals surface area contributed by atoms with E-state index in [-0.39, 0.29) is 16.8 Å². The van der Waals surface area contributed by atoms with Crippen molar-refractivity contribution in [1.29, 1.82) is 0 Å². The zero-order chi connectivity index (χ0) is 13.9. The van der Waals surface area contributed by atoms with Gasteiger partial charge in [-0.3, -0.25) is 9.59 Å². The van der Waals surface area contributed by atoms with Crippen molar-refractivity contribution in [3.63, 3.8) is 0 Å². The Morgan fingerprint density at radius 3 is 2.95 bits per heavy atom. The molecule has 1 aromatic rings. The average Bonchev–Trinajstić information content (AvgIpc) is 2.90. The van der Waals surface area contributed by atoms with Gasteiger partial charge in [0.2, 0.25) is 5.91 Å². The summed E-state index contributed by atoms with van der Waals surface area (Å²) in [4.78, 5) is 25.9. The lowest BCUT2D eigenvalue weighted by molar-refractivity contribution is -0.124. The molecule has 0 radical (unpaired) electrons. The Hall–Kier alpha value is -1.14. The number of fused-ring (bicyclic) bond motifs is 1. The summed E-state index contributed by atoms with van der Waals surface area (Å²) in [6.07, 6.45) is 7.20. The second-order valence-electron chi connectivity index (χ2n) is 5.84. The second-order valence-corrected chi connectivity index (χ2v) is 6.68. The number of hydrogen-bond acceptors (Lipinski definition) is 4. The molecule has 0 bridgehead atoms. The van der Waals surface area contributed by atoms with E-state index in [1.807, 2.05) is 0 Å². The molecule has 2 aliphatic rings. The van der Waals surface area contributed by atoms with Gasteiger partial charge >= 0.3 is 4.87 Å². The van der Waals surface area contributed by atoms with E-state index < -0.39 is 0 Å². The Morgan fingerprint density at radius 1 is 1.30 bits per heavy atom. The highest BCUT2D eigenvalue weighted by molar-refractivity contribution is 7.07. The summed E-state index contributed by atoms with van der Waals surface area (Å²) in [5.41, 5.74) is 0.778. The Balaban J connectivity index is 1.51. The summed E-state index contributed by atoms with van der Waals surface area (Å²) in [6, 6.07) is 0.453. The predicted octanol–water partition coefficient (Wildman–Crippen LogP) is 1.36. The van der Waals surface area contributed by atoms with Crippen molar-refractivity contribution in [2.24, 2.45) is 5.92 Å². The van der Waals surface area contributed by atoms with Crippen LogP contribution in [0.15, 0.2) is 10.2 Å². The van der Waals surface area contributed by atoms with E-state index in [2.05, 4.69) is 15.6 Å². The number of amides is 1. The van der Waals surface area contributed by atoms with E-state index in [4.69, 9.17) is 0 Å². The van der Waals surface area contributed by atoms with E-state index in [9.17, 15) is 9.59 Å². The Kier molecular flexibility index (Phi) is 4.21. The van der Waals surface area contributed by atoms with Crippen LogP contribution in [0.2, 0.25) is 0 Å². The molecule has 1 amide bonds. The van der Waals surface area contributed by atoms with E-state index >= 15 is 0 Å². The van der Waals surface area contributed by atoms with Crippen LogP contribution in [0.3, 0.4) is 0 Å². The molecule has 5 nitrogen and oxygen atoms in total. The van der Waals surface area contributed by atoms with Gasteiger partial charge in [0.1, 0.15) is 0 Å². The van der Waals surface area contributed by atoms with E-state index in [0.29, 0.717) is 12.6 Å². The quantitative estimate of drug-likeness (QED) is 0.788. The first-order chi connectivity index (χ1) is 9.72. The molecule has 2 fully saturated rings. The minimum absolute atomic E-state index is 0.0565. The lowest BCUT2D eigenvalue weighted by Gasteiger charge is -2.39. The molecular weight excluding hydrogens is 274 g/mol. The normalized spacial score (nSPS) is 29.7. The molecule has 0 spiro atoms. The van der Waals surface area contributed by atoms with Gasteiger partial charge < -0.3 is 15.6 Å². The third-order valence-corrected chi connectivity index (χ3v) is 5.21. The number of piperidine rings is 1. The number of carbonyl (C=O) groups excluding carboxylic acids is 1. The molecule has 110 valence electrons. The first kappa shape index (κ1) is 13.8. The third-order valence-electron chi connectivity index (χ3n) is 4.49. The maximum Gasteiger partial charge on any atom is 0.304 e. The van der Waals surface area contributed by atoms with Crippen LogP contribution in [0.4, 0.5) is 0 Å². The van der Waals surface area contributed by atoms with Gasteiger partial charge in [0.15, 0.2) is 0 Å². The number of thiazole rings is 1. The fraction of sp³-hybridized carbons (Fsp3) is 0.714. The van der Waals surface area contributed by atoms with Crippen LogP contribution in [0.25, 0.3) is 0 Å². The summed E-state index contributed by atoms with van der Waals surface area (Å²) in [6.45, 7) is 0.407. The number of nitrogens with one attached hydrogen (secondary N) is 3. The lowest BCUT2D eigenvalue weighted by Crippen LogP contribution is -2.54. The number of aromatic amines is 1. The molecule has 3 rings (SSSR count). The monoisotopic (exact) mass is 295 g/mol. The molecule has 1 saturated carbocycles. The van der Waals surface area contributed by atoms with Crippen LogP contribution in [0.1, 0.15) is 44.2 Å². The van der Waals surface area contributed by atoms with Crippen LogP contribution in [0.5, 0.6) is 0 Å². The van der Waals surface area contributed by atoms with Crippen molar-refractivity contribution in [3.8, 4) is 0 Å². The van der Waals surface area contributed by atoms with Crippen molar-refractivity contribution in [2.45, 2.75) is 57.2 Å². The summed E-state index contributed by atoms with van der Waals surface area (Å²) >= 11 is 1.13. The molecule has 3 N–H and O–H groups in total. The number of H-pyrrole nitrogens is 1. The SMILES string of the molecule is O=C(NCc1csc(=O)[nH]1)C1CCC2CCCCC2N1. The Labute approximate surface area is 122 Å². The summed E-state index contributed by atoms with van der Waals surface area (Å²) in [5, 5.41) is 8.19. The number of aromatic nitrogens is 1. The van der Waals surface area contributed by atoms with Crippen molar-refractivity contribution in [2.75, 3.05) is 0 Å². The standard InChI is InChI=1S/C14H21N3O2S/c18-13(15-7-10-8-20-14(19)16-10)12-6-5-9-3-1-2-4-11(9)17-12/h8-9,11-12,17H,1-7H2,(H,15,18)(H,16,19). The molecule has 6 heteroatoms. The smallest absolute Gasteiger partial charge is 0.304 e. The van der Waals surface area contributed by atoms with E-state index in [1.165, 1.54) is 25.7 Å². The zero-order valence-corrected chi connectivity index (χ0v) is 12.3. The van der Waals surface area contributed by atoms with Crippen molar-refractivity contribution in [3.05, 3.63) is 20.7 Å². The summed E-state index contributed by atoms with van der Waals surface area (Å²) in [7, 11) is 0. The predicted molar refractivity (Wildman–Crippen MR) is 78.7 cm³/mol. The van der Waals surface area contributed by atoms with Gasteiger partial charge in [0.25, 0.3) is 0 Å². The van der Waals surface area contributed by atoms with Crippen LogP contribution >= 0.6 is 11.3 Å². The highest BCUT2D eigenvalue weighted by Crippen LogP contribution is 2.32. The number of carbonyl (C=O) groups is 1. The molecule has 20 heavy (non-hydrogen) atoms.